The van der Waals surface area contributed by atoms with Gasteiger partial charge in [-0.25, -0.2) is 8.78 Å². The number of nitrogens with one attached hydrogen (secondary N) is 1. The Morgan fingerprint density at radius 1 is 1.24 bits per heavy atom. The number of hydrogen-bond acceptors (Lipinski definition) is 2. The van der Waals surface area contributed by atoms with Crippen LogP contribution < -0.4 is 5.32 Å². The summed E-state index contributed by atoms with van der Waals surface area (Å²) in [5.74, 6) is -1.07. The first-order valence-corrected chi connectivity index (χ1v) is 5.84. The molecule has 0 saturated heterocycles. The van der Waals surface area contributed by atoms with E-state index in [1.807, 2.05) is 0 Å². The minimum atomic E-state index is -0.535. The summed E-state index contributed by atoms with van der Waals surface area (Å²) < 4.78 is 31.3. The van der Waals surface area contributed by atoms with Crippen molar-refractivity contribution in [1.82, 2.24) is 5.32 Å². The molecule has 0 unspecified atom stereocenters. The van der Waals surface area contributed by atoms with Gasteiger partial charge in [-0.05, 0) is 37.0 Å². The van der Waals surface area contributed by atoms with Gasteiger partial charge in [0.05, 0.1) is 5.60 Å². The molecule has 0 aliphatic heterocycles. The topological polar surface area (TPSA) is 21.3 Å². The molecule has 94 valence electrons. The fourth-order valence-corrected chi connectivity index (χ4v) is 2.17. The van der Waals surface area contributed by atoms with Crippen molar-refractivity contribution in [3.8, 4) is 0 Å². The zero-order chi connectivity index (χ0) is 12.3. The van der Waals surface area contributed by atoms with Crippen molar-refractivity contribution in [3.05, 3.63) is 35.4 Å². The lowest BCUT2D eigenvalue weighted by Crippen LogP contribution is -2.47. The van der Waals surface area contributed by atoms with Gasteiger partial charge in [0.1, 0.15) is 11.6 Å². The van der Waals surface area contributed by atoms with Gasteiger partial charge in [0.15, 0.2) is 0 Å². The summed E-state index contributed by atoms with van der Waals surface area (Å²) in [6, 6.07) is 3.57. The Balaban J connectivity index is 1.85. The third-order valence-corrected chi connectivity index (χ3v) is 3.40. The standard InChI is InChI=1S/C13H17F2NO/c1-17-13(3-2-4-13)9-16-8-10-5-11(14)7-12(15)6-10/h5-7,16H,2-4,8-9H2,1H3. The number of ether oxygens (including phenoxy) is 1. The van der Waals surface area contributed by atoms with E-state index in [0.717, 1.165) is 25.5 Å². The highest BCUT2D eigenvalue weighted by atomic mass is 19.1. The fourth-order valence-electron chi connectivity index (χ4n) is 2.17. The summed E-state index contributed by atoms with van der Waals surface area (Å²) in [5, 5.41) is 3.19. The lowest BCUT2D eigenvalue weighted by Gasteiger charge is -2.40. The smallest absolute Gasteiger partial charge is 0.126 e. The number of rotatable bonds is 5. The summed E-state index contributed by atoms with van der Waals surface area (Å²) in [6.07, 6.45) is 3.28. The molecule has 1 aliphatic carbocycles. The lowest BCUT2D eigenvalue weighted by molar-refractivity contribution is -0.0695. The van der Waals surface area contributed by atoms with E-state index in [1.54, 1.807) is 7.11 Å². The molecular formula is C13H17F2NO. The van der Waals surface area contributed by atoms with Gasteiger partial charge < -0.3 is 10.1 Å². The quantitative estimate of drug-likeness (QED) is 0.855. The van der Waals surface area contributed by atoms with Crippen molar-refractivity contribution in [3.63, 3.8) is 0 Å². The molecule has 1 aromatic rings. The van der Waals surface area contributed by atoms with Crippen LogP contribution in [-0.4, -0.2) is 19.3 Å². The molecule has 1 fully saturated rings. The molecule has 0 atom stereocenters. The van der Waals surface area contributed by atoms with E-state index in [-0.39, 0.29) is 5.60 Å². The van der Waals surface area contributed by atoms with Crippen LogP contribution in [0, 0.1) is 11.6 Å². The third-order valence-electron chi connectivity index (χ3n) is 3.40. The van der Waals surface area contributed by atoms with Crippen LogP contribution in [-0.2, 0) is 11.3 Å². The van der Waals surface area contributed by atoms with Gasteiger partial charge in [-0.3, -0.25) is 0 Å². The molecule has 0 spiro atoms. The molecule has 17 heavy (non-hydrogen) atoms. The van der Waals surface area contributed by atoms with Gasteiger partial charge in [-0.15, -0.1) is 0 Å². The van der Waals surface area contributed by atoms with Crippen LogP contribution >= 0.6 is 0 Å². The second-order valence-corrected chi connectivity index (χ2v) is 4.62. The van der Waals surface area contributed by atoms with Crippen molar-refractivity contribution in [2.75, 3.05) is 13.7 Å². The predicted molar refractivity (Wildman–Crippen MR) is 61.7 cm³/mol. The molecular weight excluding hydrogens is 224 g/mol. The summed E-state index contributed by atoms with van der Waals surface area (Å²) >= 11 is 0. The first kappa shape index (κ1) is 12.5. The van der Waals surface area contributed by atoms with Gasteiger partial charge in [0.25, 0.3) is 0 Å². The maximum absolute atomic E-state index is 12.9. The molecule has 1 aliphatic rings. The molecule has 0 bridgehead atoms. The van der Waals surface area contributed by atoms with Crippen molar-refractivity contribution in [2.24, 2.45) is 0 Å². The SMILES string of the molecule is COC1(CNCc2cc(F)cc(F)c2)CCC1. The van der Waals surface area contributed by atoms with Crippen LogP contribution in [0.5, 0.6) is 0 Å². The summed E-state index contributed by atoms with van der Waals surface area (Å²) in [5.41, 5.74) is 0.555. The zero-order valence-corrected chi connectivity index (χ0v) is 9.93. The fraction of sp³-hybridized carbons (Fsp3) is 0.538. The van der Waals surface area contributed by atoms with Crippen LogP contribution in [0.25, 0.3) is 0 Å². The normalized spacial score (nSPS) is 17.8. The zero-order valence-electron chi connectivity index (χ0n) is 9.93. The van der Waals surface area contributed by atoms with E-state index in [2.05, 4.69) is 5.32 Å². The second-order valence-electron chi connectivity index (χ2n) is 4.62. The number of methoxy groups -OCH3 is 1. The largest absolute Gasteiger partial charge is 0.377 e. The monoisotopic (exact) mass is 241 g/mol. The van der Waals surface area contributed by atoms with Gasteiger partial charge in [-0.1, -0.05) is 0 Å². The highest BCUT2D eigenvalue weighted by Gasteiger charge is 2.36. The summed E-state index contributed by atoms with van der Waals surface area (Å²) in [6.45, 7) is 1.18. The number of halogens is 2. The molecule has 0 heterocycles. The highest BCUT2D eigenvalue weighted by molar-refractivity contribution is 5.17. The molecule has 0 radical (unpaired) electrons. The van der Waals surface area contributed by atoms with Crippen LogP contribution in [0.1, 0.15) is 24.8 Å². The molecule has 1 saturated carbocycles. The Labute approximate surface area is 100.0 Å². The average molecular weight is 241 g/mol. The van der Waals surface area contributed by atoms with Crippen molar-refractivity contribution < 1.29 is 13.5 Å². The van der Waals surface area contributed by atoms with Crippen molar-refractivity contribution in [1.29, 1.82) is 0 Å². The molecule has 0 amide bonds. The van der Waals surface area contributed by atoms with Gasteiger partial charge in [-0.2, -0.15) is 0 Å². The average Bonchev–Trinajstić information content (AvgIpc) is 2.20. The predicted octanol–water partition coefficient (Wildman–Crippen LogP) is 2.62. The first-order valence-electron chi connectivity index (χ1n) is 5.84. The van der Waals surface area contributed by atoms with Crippen molar-refractivity contribution in [2.45, 2.75) is 31.4 Å². The van der Waals surface area contributed by atoms with E-state index >= 15 is 0 Å². The van der Waals surface area contributed by atoms with Crippen LogP contribution in [0.2, 0.25) is 0 Å². The molecule has 1 N–H and O–H groups in total. The molecule has 0 aromatic heterocycles. The Bertz CT molecular complexity index is 365. The highest BCUT2D eigenvalue weighted by Crippen LogP contribution is 2.34. The maximum atomic E-state index is 12.9. The van der Waals surface area contributed by atoms with E-state index < -0.39 is 11.6 Å². The lowest BCUT2D eigenvalue weighted by atomic mass is 9.80. The van der Waals surface area contributed by atoms with Gasteiger partial charge in [0, 0.05) is 26.3 Å². The molecule has 2 rings (SSSR count). The van der Waals surface area contributed by atoms with E-state index in [9.17, 15) is 8.78 Å². The van der Waals surface area contributed by atoms with Crippen molar-refractivity contribution >= 4 is 0 Å². The van der Waals surface area contributed by atoms with Crippen LogP contribution in [0.3, 0.4) is 0 Å². The summed E-state index contributed by atoms with van der Waals surface area (Å²) in [4.78, 5) is 0. The van der Waals surface area contributed by atoms with E-state index in [4.69, 9.17) is 4.74 Å². The molecule has 2 nitrogen and oxygen atoms in total. The minimum Gasteiger partial charge on any atom is -0.377 e. The van der Waals surface area contributed by atoms with E-state index in [1.165, 1.54) is 18.6 Å². The molecule has 1 aromatic carbocycles. The minimum absolute atomic E-state index is 0.0636. The van der Waals surface area contributed by atoms with Crippen LogP contribution in [0.15, 0.2) is 18.2 Å². The van der Waals surface area contributed by atoms with Gasteiger partial charge in [0.2, 0.25) is 0 Å². The second kappa shape index (κ2) is 5.10. The number of benzene rings is 1. The summed E-state index contributed by atoms with van der Waals surface area (Å²) in [7, 11) is 1.71. The van der Waals surface area contributed by atoms with E-state index in [0.29, 0.717) is 12.1 Å². The first-order chi connectivity index (χ1) is 8.13. The Hall–Kier alpha value is -1.00. The Kier molecular flexibility index (Phi) is 3.74. The van der Waals surface area contributed by atoms with Gasteiger partial charge >= 0.3 is 0 Å². The van der Waals surface area contributed by atoms with Crippen LogP contribution in [0.4, 0.5) is 8.78 Å². The maximum Gasteiger partial charge on any atom is 0.126 e. The third kappa shape index (κ3) is 3.01. The number of hydrogen-bond donors (Lipinski definition) is 1. The Morgan fingerprint density at radius 2 is 1.88 bits per heavy atom. The molecule has 4 heteroatoms. The Morgan fingerprint density at radius 3 is 2.35 bits per heavy atom.